The molecule has 2 rings (SSSR count). The molecule has 0 aliphatic rings. The van der Waals surface area contributed by atoms with Crippen molar-refractivity contribution in [2.45, 2.75) is 6.92 Å². The molecule has 7 heteroatoms. The lowest BCUT2D eigenvalue weighted by Gasteiger charge is -2.09. The third-order valence-electron chi connectivity index (χ3n) is 2.86. The highest BCUT2D eigenvalue weighted by Crippen LogP contribution is 2.22. The van der Waals surface area contributed by atoms with E-state index in [0.29, 0.717) is 11.5 Å². The van der Waals surface area contributed by atoms with Crippen LogP contribution in [0.5, 0.6) is 0 Å². The van der Waals surface area contributed by atoms with E-state index in [9.17, 15) is 14.9 Å². The lowest BCUT2D eigenvalue weighted by atomic mass is 10.1. The maximum atomic E-state index is 12.3. The molecule has 0 unspecified atom stereocenters. The molecule has 7 nitrogen and oxygen atoms in total. The number of nitrogens with one attached hydrogen (secondary N) is 2. The van der Waals surface area contributed by atoms with E-state index in [2.05, 4.69) is 15.6 Å². The molecule has 0 saturated heterocycles. The fourth-order valence-corrected chi connectivity index (χ4v) is 1.85. The van der Waals surface area contributed by atoms with Gasteiger partial charge in [0.15, 0.2) is 0 Å². The second kappa shape index (κ2) is 6.00. The van der Waals surface area contributed by atoms with Gasteiger partial charge in [-0.3, -0.25) is 14.9 Å². The molecule has 0 radical (unpaired) electrons. The molecule has 0 aliphatic heterocycles. The summed E-state index contributed by atoms with van der Waals surface area (Å²) in [6.07, 6.45) is 0. The van der Waals surface area contributed by atoms with E-state index in [1.54, 1.807) is 19.2 Å². The number of nitro benzene ring substituents is 1. The number of benzene rings is 1. The zero-order valence-electron chi connectivity index (χ0n) is 11.6. The van der Waals surface area contributed by atoms with Crippen molar-refractivity contribution < 1.29 is 9.72 Å². The van der Waals surface area contributed by atoms with Gasteiger partial charge in [0.25, 0.3) is 11.6 Å². The molecule has 2 N–H and O–H groups in total. The Kier molecular flexibility index (Phi) is 4.13. The lowest BCUT2D eigenvalue weighted by molar-refractivity contribution is -0.384. The number of amides is 1. The minimum absolute atomic E-state index is 0.142. The quantitative estimate of drug-likeness (QED) is 0.665. The molecule has 21 heavy (non-hydrogen) atoms. The molecule has 0 fully saturated rings. The van der Waals surface area contributed by atoms with Crippen molar-refractivity contribution in [2.24, 2.45) is 0 Å². The number of non-ortho nitro benzene ring substituents is 1. The van der Waals surface area contributed by atoms with Crippen LogP contribution in [0.3, 0.4) is 0 Å². The van der Waals surface area contributed by atoms with Crippen LogP contribution in [0.2, 0.25) is 0 Å². The van der Waals surface area contributed by atoms with Gasteiger partial charge in [-0.2, -0.15) is 0 Å². The van der Waals surface area contributed by atoms with Crippen molar-refractivity contribution in [3.05, 3.63) is 57.8 Å². The molecular formula is C14H14N4O3. The topological polar surface area (TPSA) is 97.2 Å². The standard InChI is InChI=1S/C14H14N4O3/c1-9-4-3-5-13(16-9)17-14(19)11-8-10(18(20)21)6-7-12(11)15-2/h3-8,15H,1-2H3,(H,16,17,19). The molecule has 0 aliphatic carbocycles. The molecular weight excluding hydrogens is 272 g/mol. The van der Waals surface area contributed by atoms with Crippen molar-refractivity contribution in [3.8, 4) is 0 Å². The van der Waals surface area contributed by atoms with Gasteiger partial charge < -0.3 is 10.6 Å². The first-order valence-corrected chi connectivity index (χ1v) is 6.22. The van der Waals surface area contributed by atoms with Crippen molar-refractivity contribution in [1.82, 2.24) is 4.98 Å². The van der Waals surface area contributed by atoms with Crippen LogP contribution in [-0.2, 0) is 0 Å². The third kappa shape index (κ3) is 3.33. The summed E-state index contributed by atoms with van der Waals surface area (Å²) in [6, 6.07) is 9.30. The zero-order chi connectivity index (χ0) is 15.4. The summed E-state index contributed by atoms with van der Waals surface area (Å²) in [6.45, 7) is 1.81. The third-order valence-corrected chi connectivity index (χ3v) is 2.86. The van der Waals surface area contributed by atoms with Gasteiger partial charge >= 0.3 is 0 Å². The highest BCUT2D eigenvalue weighted by atomic mass is 16.6. The SMILES string of the molecule is CNc1ccc([N+](=O)[O-])cc1C(=O)Nc1cccc(C)n1. The number of aryl methyl sites for hydroxylation is 1. The van der Waals surface area contributed by atoms with Crippen LogP contribution >= 0.6 is 0 Å². The first-order valence-electron chi connectivity index (χ1n) is 6.22. The first-order chi connectivity index (χ1) is 10.0. The second-order valence-corrected chi connectivity index (χ2v) is 4.36. The molecule has 2 aromatic rings. The number of anilines is 2. The van der Waals surface area contributed by atoms with Gasteiger partial charge in [-0.15, -0.1) is 0 Å². The number of pyridine rings is 1. The van der Waals surface area contributed by atoms with Gasteiger partial charge in [0.1, 0.15) is 5.82 Å². The molecule has 1 aromatic heterocycles. The van der Waals surface area contributed by atoms with Crippen molar-refractivity contribution in [3.63, 3.8) is 0 Å². The number of rotatable bonds is 4. The summed E-state index contributed by atoms with van der Waals surface area (Å²) in [5, 5.41) is 16.3. The number of carbonyl (C=O) groups is 1. The van der Waals surface area contributed by atoms with E-state index in [-0.39, 0.29) is 11.3 Å². The highest BCUT2D eigenvalue weighted by molar-refractivity contribution is 6.08. The average molecular weight is 286 g/mol. The van der Waals surface area contributed by atoms with Crippen LogP contribution in [0.1, 0.15) is 16.1 Å². The minimum Gasteiger partial charge on any atom is -0.387 e. The molecule has 1 heterocycles. The zero-order valence-corrected chi connectivity index (χ0v) is 11.6. The van der Waals surface area contributed by atoms with E-state index < -0.39 is 10.8 Å². The van der Waals surface area contributed by atoms with Crippen molar-refractivity contribution in [2.75, 3.05) is 17.7 Å². The largest absolute Gasteiger partial charge is 0.387 e. The Hall–Kier alpha value is -2.96. The Balaban J connectivity index is 2.33. The predicted octanol–water partition coefficient (Wildman–Crippen LogP) is 2.59. The Morgan fingerprint density at radius 1 is 1.29 bits per heavy atom. The van der Waals surface area contributed by atoms with Crippen LogP contribution in [-0.4, -0.2) is 22.9 Å². The van der Waals surface area contributed by atoms with E-state index >= 15 is 0 Å². The molecule has 1 aromatic carbocycles. The monoisotopic (exact) mass is 286 g/mol. The Morgan fingerprint density at radius 3 is 2.67 bits per heavy atom. The van der Waals surface area contributed by atoms with Crippen LogP contribution in [0.25, 0.3) is 0 Å². The second-order valence-electron chi connectivity index (χ2n) is 4.36. The maximum absolute atomic E-state index is 12.3. The summed E-state index contributed by atoms with van der Waals surface area (Å²) in [5.41, 5.74) is 1.32. The van der Waals surface area contributed by atoms with Gasteiger partial charge in [-0.05, 0) is 25.1 Å². The van der Waals surface area contributed by atoms with Crippen LogP contribution < -0.4 is 10.6 Å². The number of aromatic nitrogens is 1. The summed E-state index contributed by atoms with van der Waals surface area (Å²) >= 11 is 0. The maximum Gasteiger partial charge on any atom is 0.270 e. The molecule has 108 valence electrons. The number of hydrogen-bond donors (Lipinski definition) is 2. The van der Waals surface area contributed by atoms with Crippen LogP contribution in [0, 0.1) is 17.0 Å². The lowest BCUT2D eigenvalue weighted by Crippen LogP contribution is -2.15. The van der Waals surface area contributed by atoms with E-state index in [0.717, 1.165) is 5.69 Å². The molecule has 1 amide bonds. The normalized spacial score (nSPS) is 10.0. The fourth-order valence-electron chi connectivity index (χ4n) is 1.85. The van der Waals surface area contributed by atoms with Gasteiger partial charge in [0.05, 0.1) is 10.5 Å². The minimum atomic E-state index is -0.541. The van der Waals surface area contributed by atoms with Gasteiger partial charge in [-0.1, -0.05) is 6.07 Å². The molecule has 0 spiro atoms. The molecule has 0 saturated carbocycles. The van der Waals surface area contributed by atoms with Crippen molar-refractivity contribution >= 4 is 23.1 Å². The molecule has 0 bridgehead atoms. The average Bonchev–Trinajstić information content (AvgIpc) is 2.46. The van der Waals surface area contributed by atoms with Crippen LogP contribution in [0.4, 0.5) is 17.2 Å². The van der Waals surface area contributed by atoms with Crippen molar-refractivity contribution in [1.29, 1.82) is 0 Å². The Labute approximate surface area is 121 Å². The van der Waals surface area contributed by atoms with E-state index in [4.69, 9.17) is 0 Å². The predicted molar refractivity (Wildman–Crippen MR) is 79.6 cm³/mol. The smallest absolute Gasteiger partial charge is 0.270 e. The Morgan fingerprint density at radius 2 is 2.05 bits per heavy atom. The number of carbonyl (C=O) groups excluding carboxylic acids is 1. The number of nitro groups is 1. The van der Waals surface area contributed by atoms with E-state index in [1.807, 2.05) is 13.0 Å². The number of hydrogen-bond acceptors (Lipinski definition) is 5. The first kappa shape index (κ1) is 14.4. The summed E-state index contributed by atoms with van der Waals surface area (Å²) < 4.78 is 0. The van der Waals surface area contributed by atoms with Gasteiger partial charge in [-0.25, -0.2) is 4.98 Å². The Bertz CT molecular complexity index is 700. The highest BCUT2D eigenvalue weighted by Gasteiger charge is 2.16. The summed E-state index contributed by atoms with van der Waals surface area (Å²) in [7, 11) is 1.64. The molecule has 0 atom stereocenters. The van der Waals surface area contributed by atoms with Gasteiger partial charge in [0, 0.05) is 30.6 Å². The number of nitrogens with zero attached hydrogens (tertiary/aromatic N) is 2. The van der Waals surface area contributed by atoms with Gasteiger partial charge in [0.2, 0.25) is 0 Å². The van der Waals surface area contributed by atoms with Crippen LogP contribution in [0.15, 0.2) is 36.4 Å². The summed E-state index contributed by atoms with van der Waals surface area (Å²) in [4.78, 5) is 26.7. The summed E-state index contributed by atoms with van der Waals surface area (Å²) in [5.74, 6) is -0.0605. The van der Waals surface area contributed by atoms with E-state index in [1.165, 1.54) is 18.2 Å². The fraction of sp³-hybridized carbons (Fsp3) is 0.143.